The molecule has 0 radical (unpaired) electrons. The molecular formula is C22H25NOS. The first kappa shape index (κ1) is 17.7. The summed E-state index contributed by atoms with van der Waals surface area (Å²) in [4.78, 5) is 0. The second-order valence-electron chi connectivity index (χ2n) is 6.47. The minimum absolute atomic E-state index is 0.316. The van der Waals surface area contributed by atoms with E-state index in [-0.39, 0.29) is 0 Å². The number of ether oxygens (including phenoxy) is 1. The average molecular weight is 352 g/mol. The Labute approximate surface area is 154 Å². The molecule has 0 saturated heterocycles. The maximum absolute atomic E-state index is 5.86. The van der Waals surface area contributed by atoms with Crippen molar-refractivity contribution in [2.75, 3.05) is 0 Å². The minimum atomic E-state index is 0.316. The Kier molecular flexibility index (Phi) is 6.26. The first-order chi connectivity index (χ1) is 12.2. The van der Waals surface area contributed by atoms with Crippen LogP contribution >= 0.6 is 11.3 Å². The maximum atomic E-state index is 5.86. The van der Waals surface area contributed by atoms with Gasteiger partial charge in [0.15, 0.2) is 0 Å². The van der Waals surface area contributed by atoms with Crippen molar-refractivity contribution in [2.24, 2.45) is 0 Å². The molecule has 3 heteroatoms. The van der Waals surface area contributed by atoms with Crippen molar-refractivity contribution in [1.29, 1.82) is 0 Å². The lowest BCUT2D eigenvalue weighted by molar-refractivity contribution is 0.306. The van der Waals surface area contributed by atoms with Gasteiger partial charge in [-0.05, 0) is 65.9 Å². The van der Waals surface area contributed by atoms with Crippen LogP contribution in [0.25, 0.3) is 0 Å². The number of nitrogens with one attached hydrogen (secondary N) is 1. The molecule has 2 unspecified atom stereocenters. The Hall–Kier alpha value is -2.10. The number of thiophene rings is 1. The second kappa shape index (κ2) is 8.84. The van der Waals surface area contributed by atoms with Gasteiger partial charge in [0, 0.05) is 12.1 Å². The van der Waals surface area contributed by atoms with Crippen LogP contribution in [0.3, 0.4) is 0 Å². The van der Waals surface area contributed by atoms with Gasteiger partial charge in [-0.15, -0.1) is 0 Å². The van der Waals surface area contributed by atoms with E-state index in [9.17, 15) is 0 Å². The quantitative estimate of drug-likeness (QED) is 0.569. The molecule has 1 aromatic heterocycles. The fourth-order valence-corrected chi connectivity index (χ4v) is 3.62. The molecule has 3 aromatic rings. The average Bonchev–Trinajstić information content (AvgIpc) is 3.14. The van der Waals surface area contributed by atoms with Gasteiger partial charge in [-0.2, -0.15) is 11.3 Å². The Bertz CT molecular complexity index is 737. The fraction of sp³-hybridized carbons (Fsp3) is 0.273. The molecular weight excluding hydrogens is 326 g/mol. The first-order valence-corrected chi connectivity index (χ1v) is 9.69. The van der Waals surface area contributed by atoms with Gasteiger partial charge >= 0.3 is 0 Å². The summed E-state index contributed by atoms with van der Waals surface area (Å²) in [6, 6.07) is 21.6. The van der Waals surface area contributed by atoms with Crippen LogP contribution in [0.4, 0.5) is 0 Å². The van der Waals surface area contributed by atoms with Crippen molar-refractivity contribution in [3.63, 3.8) is 0 Å². The predicted octanol–water partition coefficient (Wildman–Crippen LogP) is 5.61. The van der Waals surface area contributed by atoms with Gasteiger partial charge in [-0.1, -0.05) is 42.5 Å². The minimum Gasteiger partial charge on any atom is -0.489 e. The third kappa shape index (κ3) is 5.45. The van der Waals surface area contributed by atoms with E-state index in [2.05, 4.69) is 72.4 Å². The summed E-state index contributed by atoms with van der Waals surface area (Å²) < 4.78 is 5.86. The van der Waals surface area contributed by atoms with E-state index in [0.29, 0.717) is 18.7 Å². The predicted molar refractivity (Wildman–Crippen MR) is 106 cm³/mol. The molecule has 0 saturated carbocycles. The molecule has 25 heavy (non-hydrogen) atoms. The van der Waals surface area contributed by atoms with E-state index in [1.807, 2.05) is 18.2 Å². The molecule has 0 spiro atoms. The zero-order valence-electron chi connectivity index (χ0n) is 14.8. The van der Waals surface area contributed by atoms with Gasteiger partial charge in [0.05, 0.1) is 0 Å². The molecule has 2 nitrogen and oxygen atoms in total. The number of hydrogen-bond donors (Lipinski definition) is 1. The molecule has 2 aromatic carbocycles. The Morgan fingerprint density at radius 1 is 0.920 bits per heavy atom. The van der Waals surface area contributed by atoms with E-state index in [0.717, 1.165) is 12.2 Å². The van der Waals surface area contributed by atoms with Gasteiger partial charge < -0.3 is 10.1 Å². The van der Waals surface area contributed by atoms with E-state index < -0.39 is 0 Å². The Balaban J connectivity index is 1.50. The molecule has 0 aliphatic rings. The summed E-state index contributed by atoms with van der Waals surface area (Å²) in [6.07, 6.45) is 1.06. The van der Waals surface area contributed by atoms with Crippen molar-refractivity contribution in [3.8, 4) is 5.75 Å². The number of hydrogen-bond acceptors (Lipinski definition) is 3. The highest BCUT2D eigenvalue weighted by atomic mass is 32.1. The molecule has 0 aliphatic carbocycles. The molecule has 1 heterocycles. The first-order valence-electron chi connectivity index (χ1n) is 8.74. The molecule has 0 aliphatic heterocycles. The molecule has 130 valence electrons. The number of benzene rings is 2. The lowest BCUT2D eigenvalue weighted by Crippen LogP contribution is -2.30. The van der Waals surface area contributed by atoms with Crippen molar-refractivity contribution >= 4 is 11.3 Å². The molecule has 3 rings (SSSR count). The monoisotopic (exact) mass is 351 g/mol. The molecule has 1 N–H and O–H groups in total. The zero-order chi connectivity index (χ0) is 17.5. The van der Waals surface area contributed by atoms with Crippen LogP contribution in [0, 0.1) is 0 Å². The summed E-state index contributed by atoms with van der Waals surface area (Å²) in [5.74, 6) is 0.908. The number of rotatable bonds is 8. The lowest BCUT2D eigenvalue weighted by atomic mass is 10.1. The van der Waals surface area contributed by atoms with Crippen molar-refractivity contribution in [1.82, 2.24) is 5.32 Å². The van der Waals surface area contributed by atoms with Crippen LogP contribution in [0.2, 0.25) is 0 Å². The van der Waals surface area contributed by atoms with Gasteiger partial charge in [0.1, 0.15) is 12.4 Å². The Morgan fingerprint density at radius 2 is 1.68 bits per heavy atom. The normalized spacial score (nSPS) is 13.4. The molecule has 0 bridgehead atoms. The lowest BCUT2D eigenvalue weighted by Gasteiger charge is -2.20. The summed E-state index contributed by atoms with van der Waals surface area (Å²) in [7, 11) is 0. The van der Waals surface area contributed by atoms with Crippen LogP contribution in [0.15, 0.2) is 71.4 Å². The van der Waals surface area contributed by atoms with Crippen LogP contribution in [0.1, 0.15) is 36.6 Å². The van der Waals surface area contributed by atoms with E-state index in [1.165, 1.54) is 16.7 Å². The van der Waals surface area contributed by atoms with E-state index in [1.54, 1.807) is 11.3 Å². The highest BCUT2D eigenvalue weighted by molar-refractivity contribution is 7.07. The Morgan fingerprint density at radius 3 is 2.36 bits per heavy atom. The van der Waals surface area contributed by atoms with Crippen molar-refractivity contribution < 1.29 is 4.74 Å². The highest BCUT2D eigenvalue weighted by Gasteiger charge is 2.10. The molecule has 0 amide bonds. The smallest absolute Gasteiger partial charge is 0.119 e. The van der Waals surface area contributed by atoms with Gasteiger partial charge in [-0.3, -0.25) is 0 Å². The summed E-state index contributed by atoms with van der Waals surface area (Å²) in [5, 5.41) is 8.04. The van der Waals surface area contributed by atoms with Crippen molar-refractivity contribution in [3.05, 3.63) is 88.1 Å². The van der Waals surface area contributed by atoms with Crippen LogP contribution in [0.5, 0.6) is 5.75 Å². The zero-order valence-corrected chi connectivity index (χ0v) is 15.6. The topological polar surface area (TPSA) is 21.3 Å². The molecule has 2 atom stereocenters. The van der Waals surface area contributed by atoms with Crippen LogP contribution < -0.4 is 10.1 Å². The maximum Gasteiger partial charge on any atom is 0.119 e. The molecule has 0 fully saturated rings. The second-order valence-corrected chi connectivity index (χ2v) is 7.25. The third-order valence-corrected chi connectivity index (χ3v) is 5.02. The van der Waals surface area contributed by atoms with Crippen LogP contribution in [-0.4, -0.2) is 6.04 Å². The summed E-state index contributed by atoms with van der Waals surface area (Å²) in [5.41, 5.74) is 3.87. The fourth-order valence-electron chi connectivity index (χ4n) is 2.94. The SMILES string of the molecule is CC(Cc1ccsc1)NC(C)c1ccc(OCc2ccccc2)cc1. The van der Waals surface area contributed by atoms with Gasteiger partial charge in [0.25, 0.3) is 0 Å². The van der Waals surface area contributed by atoms with Gasteiger partial charge in [-0.25, -0.2) is 0 Å². The van der Waals surface area contributed by atoms with Crippen LogP contribution in [-0.2, 0) is 13.0 Å². The van der Waals surface area contributed by atoms with E-state index in [4.69, 9.17) is 4.74 Å². The summed E-state index contributed by atoms with van der Waals surface area (Å²) >= 11 is 1.76. The summed E-state index contributed by atoms with van der Waals surface area (Å²) in [6.45, 7) is 5.06. The third-order valence-electron chi connectivity index (χ3n) is 4.28. The van der Waals surface area contributed by atoms with Gasteiger partial charge in [0.2, 0.25) is 0 Å². The standard InChI is InChI=1S/C22H25NOS/c1-17(14-20-12-13-25-16-20)23-18(2)21-8-10-22(11-9-21)24-15-19-6-4-3-5-7-19/h3-13,16-18,23H,14-15H2,1-2H3. The van der Waals surface area contributed by atoms with E-state index >= 15 is 0 Å². The van der Waals surface area contributed by atoms with Crippen molar-refractivity contribution in [2.45, 2.75) is 39.0 Å². The largest absolute Gasteiger partial charge is 0.489 e. The highest BCUT2D eigenvalue weighted by Crippen LogP contribution is 2.20.